The molecule has 0 aliphatic rings. The highest BCUT2D eigenvalue weighted by atomic mass is 16.2. The van der Waals surface area contributed by atoms with E-state index < -0.39 is 0 Å². The second-order valence-electron chi connectivity index (χ2n) is 4.11. The molecular formula is C12H25NO. The van der Waals surface area contributed by atoms with E-state index in [0.717, 1.165) is 25.8 Å². The molecule has 0 aromatic carbocycles. The first-order chi connectivity index (χ1) is 6.58. The van der Waals surface area contributed by atoms with Crippen LogP contribution in [0.4, 0.5) is 0 Å². The van der Waals surface area contributed by atoms with E-state index in [1.165, 1.54) is 0 Å². The predicted molar refractivity (Wildman–Crippen MR) is 61.2 cm³/mol. The Kier molecular flexibility index (Phi) is 6.60. The quantitative estimate of drug-likeness (QED) is 0.644. The van der Waals surface area contributed by atoms with Gasteiger partial charge in [-0.15, -0.1) is 0 Å². The lowest BCUT2D eigenvalue weighted by Crippen LogP contribution is -2.40. The van der Waals surface area contributed by atoms with Gasteiger partial charge >= 0.3 is 0 Å². The third-order valence-electron chi connectivity index (χ3n) is 2.73. The Hall–Kier alpha value is -0.530. The van der Waals surface area contributed by atoms with Crippen LogP contribution in [0.2, 0.25) is 0 Å². The van der Waals surface area contributed by atoms with Crippen LogP contribution in [0, 0.1) is 5.92 Å². The van der Waals surface area contributed by atoms with Crippen molar-refractivity contribution in [1.29, 1.82) is 0 Å². The molecule has 0 N–H and O–H groups in total. The predicted octanol–water partition coefficient (Wildman–Crippen LogP) is 3.07. The van der Waals surface area contributed by atoms with Crippen molar-refractivity contribution in [3.63, 3.8) is 0 Å². The smallest absolute Gasteiger partial charge is 0.225 e. The van der Waals surface area contributed by atoms with Gasteiger partial charge in [0.2, 0.25) is 5.91 Å². The molecule has 1 unspecified atom stereocenters. The summed E-state index contributed by atoms with van der Waals surface area (Å²) in [6.07, 6.45) is 3.09. The first-order valence-corrected chi connectivity index (χ1v) is 5.88. The zero-order valence-electron chi connectivity index (χ0n) is 10.3. The zero-order valence-corrected chi connectivity index (χ0v) is 10.3. The van der Waals surface area contributed by atoms with Gasteiger partial charge in [0.15, 0.2) is 0 Å². The fraction of sp³-hybridized carbons (Fsp3) is 0.917. The minimum atomic E-state index is 0.238. The van der Waals surface area contributed by atoms with Gasteiger partial charge in [-0.2, -0.15) is 0 Å². The van der Waals surface area contributed by atoms with Crippen molar-refractivity contribution in [1.82, 2.24) is 4.90 Å². The molecular weight excluding hydrogens is 174 g/mol. The number of rotatable bonds is 6. The summed E-state index contributed by atoms with van der Waals surface area (Å²) in [6.45, 7) is 11.3. The van der Waals surface area contributed by atoms with Crippen molar-refractivity contribution < 1.29 is 4.79 Å². The third kappa shape index (κ3) is 3.69. The third-order valence-corrected chi connectivity index (χ3v) is 2.73. The van der Waals surface area contributed by atoms with Crippen molar-refractivity contribution in [3.8, 4) is 0 Å². The molecule has 1 amide bonds. The van der Waals surface area contributed by atoms with Crippen molar-refractivity contribution in [2.24, 2.45) is 5.92 Å². The Balaban J connectivity index is 4.37. The maximum atomic E-state index is 12.1. The van der Waals surface area contributed by atoms with E-state index in [4.69, 9.17) is 0 Å². The van der Waals surface area contributed by atoms with Gasteiger partial charge in [-0.1, -0.05) is 20.3 Å². The summed E-state index contributed by atoms with van der Waals surface area (Å²) in [6, 6.07) is 0.332. The molecule has 0 saturated carbocycles. The molecule has 0 fully saturated rings. The fourth-order valence-electron chi connectivity index (χ4n) is 1.86. The van der Waals surface area contributed by atoms with Crippen LogP contribution >= 0.6 is 0 Å². The highest BCUT2D eigenvalue weighted by Crippen LogP contribution is 2.15. The summed E-state index contributed by atoms with van der Waals surface area (Å²) in [4.78, 5) is 14.0. The average molecular weight is 199 g/mol. The molecule has 1 atom stereocenters. The lowest BCUT2D eigenvalue weighted by atomic mass is 9.98. The Morgan fingerprint density at radius 2 is 1.79 bits per heavy atom. The van der Waals surface area contributed by atoms with Gasteiger partial charge in [-0.05, 0) is 33.6 Å². The number of hydrogen-bond acceptors (Lipinski definition) is 1. The number of carbonyl (C=O) groups excluding carboxylic acids is 1. The van der Waals surface area contributed by atoms with Gasteiger partial charge in [0, 0.05) is 18.5 Å². The average Bonchev–Trinajstić information content (AvgIpc) is 2.14. The standard InChI is InChI=1S/C12H25NO/c1-6-9-11(7-2)12(14)13(8-3)10(4)5/h10-11H,6-9H2,1-5H3. The molecule has 0 aliphatic carbocycles. The molecule has 2 heteroatoms. The van der Waals surface area contributed by atoms with Crippen molar-refractivity contribution in [3.05, 3.63) is 0 Å². The molecule has 0 spiro atoms. The Morgan fingerprint density at radius 3 is 2.07 bits per heavy atom. The van der Waals surface area contributed by atoms with Crippen LogP contribution in [-0.2, 0) is 4.79 Å². The van der Waals surface area contributed by atoms with E-state index >= 15 is 0 Å². The van der Waals surface area contributed by atoms with Gasteiger partial charge in [0.25, 0.3) is 0 Å². The van der Waals surface area contributed by atoms with Crippen LogP contribution in [0.3, 0.4) is 0 Å². The minimum Gasteiger partial charge on any atom is -0.340 e. The molecule has 0 aromatic heterocycles. The molecule has 84 valence electrons. The number of amides is 1. The summed E-state index contributed by atoms with van der Waals surface area (Å²) < 4.78 is 0. The van der Waals surface area contributed by atoms with E-state index in [-0.39, 0.29) is 5.92 Å². The lowest BCUT2D eigenvalue weighted by molar-refractivity contribution is -0.137. The number of carbonyl (C=O) groups is 1. The Labute approximate surface area is 88.7 Å². The van der Waals surface area contributed by atoms with E-state index in [1.54, 1.807) is 0 Å². The highest BCUT2D eigenvalue weighted by molar-refractivity contribution is 5.79. The maximum absolute atomic E-state index is 12.1. The largest absolute Gasteiger partial charge is 0.340 e. The summed E-state index contributed by atoms with van der Waals surface area (Å²) in [5, 5.41) is 0. The van der Waals surface area contributed by atoms with E-state index in [9.17, 15) is 4.79 Å². The van der Waals surface area contributed by atoms with E-state index in [1.807, 2.05) is 4.90 Å². The fourth-order valence-corrected chi connectivity index (χ4v) is 1.86. The Bertz CT molecular complexity index is 166. The summed E-state index contributed by atoms with van der Waals surface area (Å²) in [5.41, 5.74) is 0. The second-order valence-corrected chi connectivity index (χ2v) is 4.11. The monoisotopic (exact) mass is 199 g/mol. The highest BCUT2D eigenvalue weighted by Gasteiger charge is 2.22. The summed E-state index contributed by atoms with van der Waals surface area (Å²) in [7, 11) is 0. The summed E-state index contributed by atoms with van der Waals surface area (Å²) >= 11 is 0. The normalized spacial score (nSPS) is 13.0. The van der Waals surface area contributed by atoms with Gasteiger partial charge in [-0.25, -0.2) is 0 Å². The minimum absolute atomic E-state index is 0.238. The van der Waals surface area contributed by atoms with Gasteiger partial charge in [-0.3, -0.25) is 4.79 Å². The van der Waals surface area contributed by atoms with Gasteiger partial charge in [0.05, 0.1) is 0 Å². The van der Waals surface area contributed by atoms with Crippen LogP contribution in [0.25, 0.3) is 0 Å². The number of hydrogen-bond donors (Lipinski definition) is 0. The van der Waals surface area contributed by atoms with Crippen LogP contribution in [0.5, 0.6) is 0 Å². The first kappa shape index (κ1) is 13.5. The van der Waals surface area contributed by atoms with E-state index in [0.29, 0.717) is 11.9 Å². The molecule has 0 radical (unpaired) electrons. The van der Waals surface area contributed by atoms with Gasteiger partial charge < -0.3 is 4.90 Å². The molecule has 2 nitrogen and oxygen atoms in total. The van der Waals surface area contributed by atoms with Crippen LogP contribution in [0.15, 0.2) is 0 Å². The van der Waals surface area contributed by atoms with Crippen LogP contribution in [-0.4, -0.2) is 23.4 Å². The first-order valence-electron chi connectivity index (χ1n) is 5.88. The topological polar surface area (TPSA) is 20.3 Å². The SMILES string of the molecule is CCCC(CC)C(=O)N(CC)C(C)C. The van der Waals surface area contributed by atoms with Crippen molar-refractivity contribution >= 4 is 5.91 Å². The molecule has 0 aliphatic heterocycles. The maximum Gasteiger partial charge on any atom is 0.225 e. The molecule has 0 aromatic rings. The van der Waals surface area contributed by atoms with E-state index in [2.05, 4.69) is 34.6 Å². The van der Waals surface area contributed by atoms with Crippen molar-refractivity contribution in [2.75, 3.05) is 6.54 Å². The molecule has 0 rings (SSSR count). The second kappa shape index (κ2) is 6.86. The molecule has 0 bridgehead atoms. The van der Waals surface area contributed by atoms with Gasteiger partial charge in [0.1, 0.15) is 0 Å². The van der Waals surface area contributed by atoms with Crippen LogP contribution in [0.1, 0.15) is 53.9 Å². The number of nitrogens with zero attached hydrogens (tertiary/aromatic N) is 1. The molecule has 0 heterocycles. The molecule has 14 heavy (non-hydrogen) atoms. The van der Waals surface area contributed by atoms with Crippen LogP contribution < -0.4 is 0 Å². The lowest BCUT2D eigenvalue weighted by Gasteiger charge is -2.29. The summed E-state index contributed by atoms with van der Waals surface area (Å²) in [5.74, 6) is 0.578. The Morgan fingerprint density at radius 1 is 1.21 bits per heavy atom. The molecule has 0 saturated heterocycles. The zero-order chi connectivity index (χ0) is 11.1. The van der Waals surface area contributed by atoms with Crippen molar-refractivity contribution in [2.45, 2.75) is 59.9 Å².